The minimum absolute atomic E-state index is 0.0661. The Bertz CT molecular complexity index is 1130. The number of anilines is 3. The molecular formula is C21H23N5O5S. The van der Waals surface area contributed by atoms with Gasteiger partial charge in [-0.3, -0.25) is 0 Å². The van der Waals surface area contributed by atoms with Crippen LogP contribution >= 0.6 is 11.3 Å². The number of aromatic nitrogens is 3. The van der Waals surface area contributed by atoms with Gasteiger partial charge in [-0.2, -0.15) is 0 Å². The van der Waals surface area contributed by atoms with Gasteiger partial charge in [0.25, 0.3) is 0 Å². The first-order valence-electron chi connectivity index (χ1n) is 9.79. The predicted octanol–water partition coefficient (Wildman–Crippen LogP) is 4.02. The molecule has 0 saturated carbocycles. The quantitative estimate of drug-likeness (QED) is 0.563. The van der Waals surface area contributed by atoms with Crippen LogP contribution < -0.4 is 24.4 Å². The fourth-order valence-electron chi connectivity index (χ4n) is 3.33. The van der Waals surface area contributed by atoms with Gasteiger partial charge in [0, 0.05) is 24.0 Å². The first kappa shape index (κ1) is 21.6. The maximum absolute atomic E-state index is 12.1. The van der Waals surface area contributed by atoms with Crippen LogP contribution in [0.4, 0.5) is 21.6 Å². The lowest BCUT2D eigenvalue weighted by Crippen LogP contribution is -2.30. The Morgan fingerprint density at radius 2 is 1.88 bits per heavy atom. The highest BCUT2D eigenvalue weighted by Gasteiger charge is 2.33. The van der Waals surface area contributed by atoms with Crippen LogP contribution in [0, 0.1) is 6.92 Å². The number of carbonyl (C=O) groups is 1. The molecular weight excluding hydrogens is 434 g/mol. The summed E-state index contributed by atoms with van der Waals surface area (Å²) >= 11 is 1.39. The van der Waals surface area contributed by atoms with E-state index < -0.39 is 0 Å². The molecule has 2 aromatic heterocycles. The number of nitrogens with zero attached hydrogens (tertiary/aromatic N) is 4. The predicted molar refractivity (Wildman–Crippen MR) is 121 cm³/mol. The van der Waals surface area contributed by atoms with Crippen LogP contribution in [-0.4, -0.2) is 55.0 Å². The van der Waals surface area contributed by atoms with E-state index in [9.17, 15) is 4.79 Å². The van der Waals surface area contributed by atoms with E-state index in [1.165, 1.54) is 11.3 Å². The third-order valence-electron chi connectivity index (χ3n) is 4.89. The molecule has 168 valence electrons. The molecule has 0 spiro atoms. The summed E-state index contributed by atoms with van der Waals surface area (Å²) in [6.45, 7) is 4.16. The van der Waals surface area contributed by atoms with Gasteiger partial charge in [0.2, 0.25) is 11.7 Å². The molecule has 0 bridgehead atoms. The molecule has 4 rings (SSSR count). The minimum atomic E-state index is -0.384. The summed E-state index contributed by atoms with van der Waals surface area (Å²) in [6, 6.07) is 5.28. The second kappa shape index (κ2) is 8.87. The van der Waals surface area contributed by atoms with E-state index in [1.807, 2.05) is 13.8 Å². The second-order valence-corrected chi connectivity index (χ2v) is 7.99. The van der Waals surface area contributed by atoms with Gasteiger partial charge < -0.3 is 24.3 Å². The van der Waals surface area contributed by atoms with Crippen molar-refractivity contribution in [1.29, 1.82) is 0 Å². The summed E-state index contributed by atoms with van der Waals surface area (Å²) in [4.78, 5) is 28.0. The van der Waals surface area contributed by atoms with Crippen LogP contribution in [0.25, 0.3) is 10.6 Å². The van der Waals surface area contributed by atoms with Crippen LogP contribution in [0.15, 0.2) is 24.4 Å². The topological polar surface area (TPSA) is 108 Å². The number of hydrogen-bond acceptors (Lipinski definition) is 10. The lowest BCUT2D eigenvalue weighted by atomic mass is 10.2. The molecule has 1 aromatic carbocycles. The molecule has 3 aromatic rings. The Labute approximate surface area is 189 Å². The van der Waals surface area contributed by atoms with Crippen molar-refractivity contribution in [2.24, 2.45) is 0 Å². The van der Waals surface area contributed by atoms with Crippen LogP contribution in [0.2, 0.25) is 0 Å². The molecule has 11 heteroatoms. The first-order chi connectivity index (χ1) is 15.4. The largest absolute Gasteiger partial charge is 0.493 e. The molecule has 1 atom stereocenters. The molecule has 1 aliphatic heterocycles. The molecule has 1 amide bonds. The number of cyclic esters (lactones) is 1. The fraction of sp³-hybridized carbons (Fsp3) is 0.333. The fourth-order valence-corrected chi connectivity index (χ4v) is 4.46. The number of rotatable bonds is 7. The Morgan fingerprint density at radius 1 is 1.16 bits per heavy atom. The molecule has 0 radical (unpaired) electrons. The molecule has 32 heavy (non-hydrogen) atoms. The number of carbonyl (C=O) groups excluding carboxylic acids is 1. The lowest BCUT2D eigenvalue weighted by Gasteiger charge is -2.14. The third kappa shape index (κ3) is 3.98. The normalized spacial score (nSPS) is 15.5. The number of hydrogen-bond donors (Lipinski definition) is 1. The van der Waals surface area contributed by atoms with E-state index in [0.29, 0.717) is 46.3 Å². The molecule has 3 heterocycles. The monoisotopic (exact) mass is 457 g/mol. The maximum atomic E-state index is 12.1. The average Bonchev–Trinajstić information content (AvgIpc) is 3.33. The zero-order chi connectivity index (χ0) is 22.8. The molecule has 1 aliphatic rings. The number of nitrogens with one attached hydrogen (secondary N) is 1. The number of ether oxygens (including phenoxy) is 4. The van der Waals surface area contributed by atoms with Crippen molar-refractivity contribution in [3.8, 4) is 27.8 Å². The molecule has 1 unspecified atom stereocenters. The molecule has 1 saturated heterocycles. The zero-order valence-corrected chi connectivity index (χ0v) is 19.1. The van der Waals surface area contributed by atoms with Gasteiger partial charge in [-0.15, -0.1) is 0 Å². The Balaban J connectivity index is 1.64. The number of benzene rings is 1. The van der Waals surface area contributed by atoms with E-state index in [1.54, 1.807) is 50.6 Å². The van der Waals surface area contributed by atoms with Gasteiger partial charge >= 0.3 is 6.09 Å². The Kier molecular flexibility index (Phi) is 5.99. The zero-order valence-electron chi connectivity index (χ0n) is 18.3. The van der Waals surface area contributed by atoms with E-state index in [0.717, 1.165) is 10.6 Å². The average molecular weight is 458 g/mol. The van der Waals surface area contributed by atoms with E-state index >= 15 is 0 Å². The third-order valence-corrected chi connectivity index (χ3v) is 6.07. The van der Waals surface area contributed by atoms with Gasteiger partial charge in [0.1, 0.15) is 6.61 Å². The van der Waals surface area contributed by atoms with Crippen molar-refractivity contribution in [2.45, 2.75) is 19.9 Å². The van der Waals surface area contributed by atoms with E-state index in [2.05, 4.69) is 20.3 Å². The Morgan fingerprint density at radius 3 is 2.47 bits per heavy atom. The van der Waals surface area contributed by atoms with Gasteiger partial charge in [0.05, 0.1) is 43.6 Å². The summed E-state index contributed by atoms with van der Waals surface area (Å²) in [5, 5.41) is 3.76. The van der Waals surface area contributed by atoms with Crippen molar-refractivity contribution in [1.82, 2.24) is 15.0 Å². The number of methoxy groups -OCH3 is 3. The summed E-state index contributed by atoms with van der Waals surface area (Å²) in [5.74, 6) is 1.91. The first-order valence-corrected chi connectivity index (χ1v) is 10.6. The van der Waals surface area contributed by atoms with Crippen LogP contribution in [-0.2, 0) is 4.74 Å². The summed E-state index contributed by atoms with van der Waals surface area (Å²) in [6.07, 6.45) is 1.28. The van der Waals surface area contributed by atoms with Crippen molar-refractivity contribution in [2.75, 3.05) is 38.2 Å². The standard InChI is InChI=1S/C21H23N5O5S/c1-11-10-31-21(27)26(11)20-23-12(2)18(32-20)14-6-7-22-19(25-14)24-13-8-15(28-3)17(30-5)16(9-13)29-4/h6-9,11H,10H2,1-5H3,(H,22,24,25). The van der Waals surface area contributed by atoms with Gasteiger partial charge in [-0.1, -0.05) is 11.3 Å². The van der Waals surface area contributed by atoms with Crippen molar-refractivity contribution < 1.29 is 23.7 Å². The number of thiazole rings is 1. The molecule has 1 fully saturated rings. The second-order valence-electron chi connectivity index (χ2n) is 7.01. The molecule has 0 aliphatic carbocycles. The molecule has 10 nitrogen and oxygen atoms in total. The van der Waals surface area contributed by atoms with Crippen molar-refractivity contribution >= 4 is 34.2 Å². The van der Waals surface area contributed by atoms with Gasteiger partial charge in [-0.25, -0.2) is 24.6 Å². The highest BCUT2D eigenvalue weighted by molar-refractivity contribution is 7.19. The van der Waals surface area contributed by atoms with E-state index in [4.69, 9.17) is 18.9 Å². The minimum Gasteiger partial charge on any atom is -0.493 e. The van der Waals surface area contributed by atoms with E-state index in [-0.39, 0.29) is 12.1 Å². The smallest absolute Gasteiger partial charge is 0.416 e. The molecule has 1 N–H and O–H groups in total. The van der Waals surface area contributed by atoms with Gasteiger partial charge in [-0.05, 0) is 19.9 Å². The van der Waals surface area contributed by atoms with Crippen molar-refractivity contribution in [3.63, 3.8) is 0 Å². The van der Waals surface area contributed by atoms with Crippen LogP contribution in [0.1, 0.15) is 12.6 Å². The number of aryl methyl sites for hydroxylation is 1. The lowest BCUT2D eigenvalue weighted by molar-refractivity contribution is 0.179. The van der Waals surface area contributed by atoms with Crippen LogP contribution in [0.3, 0.4) is 0 Å². The Hall–Kier alpha value is -3.60. The summed E-state index contributed by atoms with van der Waals surface area (Å²) < 4.78 is 21.3. The SMILES string of the molecule is COc1cc(Nc2nccc(-c3sc(N4C(=O)OCC4C)nc3C)n2)cc(OC)c1OC. The summed E-state index contributed by atoms with van der Waals surface area (Å²) in [7, 11) is 4.66. The highest BCUT2D eigenvalue weighted by Crippen LogP contribution is 2.41. The highest BCUT2D eigenvalue weighted by atomic mass is 32.1. The van der Waals surface area contributed by atoms with Crippen molar-refractivity contribution in [3.05, 3.63) is 30.1 Å². The number of amides is 1. The maximum Gasteiger partial charge on any atom is 0.416 e. The van der Waals surface area contributed by atoms with Crippen LogP contribution in [0.5, 0.6) is 17.2 Å². The van der Waals surface area contributed by atoms with Gasteiger partial charge in [0.15, 0.2) is 16.6 Å². The summed E-state index contributed by atoms with van der Waals surface area (Å²) in [5.41, 5.74) is 2.14.